The molecule has 0 spiro atoms. The fraction of sp³-hybridized carbons (Fsp3) is 0.0909. The van der Waals surface area contributed by atoms with Gasteiger partial charge in [-0.05, 0) is 24.1 Å². The van der Waals surface area contributed by atoms with Crippen LogP contribution in [0.1, 0.15) is 5.56 Å². The van der Waals surface area contributed by atoms with Gasteiger partial charge in [0.05, 0.1) is 0 Å². The first-order valence-corrected chi connectivity index (χ1v) is 3.50. The standard InChI is InChI=1S/C11H9/c1-2-3-5-8-11-9-6-4-7-10-11/h1,3-7,9H,8H2. The summed E-state index contributed by atoms with van der Waals surface area (Å²) < 4.78 is 0. The second-order valence-corrected chi connectivity index (χ2v) is 2.16. The summed E-state index contributed by atoms with van der Waals surface area (Å²) in [6, 6.07) is 11.0. The van der Waals surface area contributed by atoms with Gasteiger partial charge in [0, 0.05) is 0 Å². The summed E-state index contributed by atoms with van der Waals surface area (Å²) in [5.74, 6) is 2.44. The smallest absolute Gasteiger partial charge is 0.00819 e. The molecule has 0 amide bonds. The van der Waals surface area contributed by atoms with Gasteiger partial charge in [-0.25, -0.2) is 0 Å². The van der Waals surface area contributed by atoms with E-state index in [9.17, 15) is 0 Å². The van der Waals surface area contributed by atoms with Gasteiger partial charge >= 0.3 is 0 Å². The molecule has 0 heteroatoms. The van der Waals surface area contributed by atoms with E-state index in [0.29, 0.717) is 0 Å². The van der Waals surface area contributed by atoms with Crippen LogP contribution in [-0.4, -0.2) is 0 Å². The molecule has 0 aliphatic heterocycles. The summed E-state index contributed by atoms with van der Waals surface area (Å²) in [5.41, 5.74) is 1.17. The van der Waals surface area contributed by atoms with Crippen molar-refractivity contribution in [1.82, 2.24) is 0 Å². The molecular weight excluding hydrogens is 132 g/mol. The highest BCUT2D eigenvalue weighted by Crippen LogP contribution is 1.98. The van der Waals surface area contributed by atoms with Crippen LogP contribution in [-0.2, 0) is 6.42 Å². The maximum Gasteiger partial charge on any atom is -0.00819 e. The highest BCUT2D eigenvalue weighted by atomic mass is 13.9. The zero-order valence-electron chi connectivity index (χ0n) is 6.25. The van der Waals surface area contributed by atoms with E-state index in [2.05, 4.69) is 12.0 Å². The molecule has 11 heavy (non-hydrogen) atoms. The van der Waals surface area contributed by atoms with Crippen LogP contribution in [0.4, 0.5) is 0 Å². The van der Waals surface area contributed by atoms with Crippen molar-refractivity contribution in [1.29, 1.82) is 0 Å². The lowest BCUT2D eigenvalue weighted by Crippen LogP contribution is -1.77. The van der Waals surface area contributed by atoms with Gasteiger partial charge < -0.3 is 0 Å². The summed E-state index contributed by atoms with van der Waals surface area (Å²) in [7, 11) is 0. The second-order valence-electron chi connectivity index (χ2n) is 2.16. The van der Waals surface area contributed by atoms with Crippen LogP contribution in [0.2, 0.25) is 0 Å². The number of terminal acetylenes is 1. The number of hydrogen-bond donors (Lipinski definition) is 0. The average Bonchev–Trinajstić information content (AvgIpc) is 2.07. The quantitative estimate of drug-likeness (QED) is 0.554. The predicted molar refractivity (Wildman–Crippen MR) is 47.0 cm³/mol. The van der Waals surface area contributed by atoms with Crippen molar-refractivity contribution in [3.05, 3.63) is 48.0 Å². The molecule has 0 nitrogen and oxygen atoms in total. The first-order valence-electron chi connectivity index (χ1n) is 3.50. The molecule has 0 heterocycles. The zero-order valence-corrected chi connectivity index (χ0v) is 6.25. The molecule has 0 N–H and O–H groups in total. The molecule has 0 atom stereocenters. The van der Waals surface area contributed by atoms with Crippen molar-refractivity contribution in [2.45, 2.75) is 6.42 Å². The lowest BCUT2D eigenvalue weighted by molar-refractivity contribution is 1.27. The normalized spacial score (nSPS) is 9.73. The van der Waals surface area contributed by atoms with Crippen molar-refractivity contribution in [2.75, 3.05) is 0 Å². The molecule has 0 aromatic heterocycles. The Labute approximate surface area is 67.6 Å². The Bertz CT molecular complexity index is 262. The summed E-state index contributed by atoms with van der Waals surface area (Å²) in [6.45, 7) is 0. The first-order chi connectivity index (χ1) is 5.43. The van der Waals surface area contributed by atoms with Crippen molar-refractivity contribution < 1.29 is 0 Å². The fourth-order valence-electron chi connectivity index (χ4n) is 0.811. The van der Waals surface area contributed by atoms with Gasteiger partial charge in [0.1, 0.15) is 0 Å². The van der Waals surface area contributed by atoms with E-state index in [1.54, 1.807) is 6.08 Å². The monoisotopic (exact) mass is 141 g/mol. The van der Waals surface area contributed by atoms with E-state index in [1.165, 1.54) is 5.56 Å². The molecule has 0 saturated carbocycles. The van der Waals surface area contributed by atoms with Crippen LogP contribution in [0.15, 0.2) is 36.4 Å². The van der Waals surface area contributed by atoms with Gasteiger partial charge in [0.2, 0.25) is 0 Å². The van der Waals surface area contributed by atoms with Crippen LogP contribution < -0.4 is 0 Å². The Kier molecular flexibility index (Phi) is 3.02. The third-order valence-electron chi connectivity index (χ3n) is 1.33. The molecule has 53 valence electrons. The molecule has 1 rings (SSSR count). The Morgan fingerprint density at radius 3 is 3.09 bits per heavy atom. The van der Waals surface area contributed by atoms with E-state index in [4.69, 9.17) is 6.42 Å². The van der Waals surface area contributed by atoms with Crippen molar-refractivity contribution >= 4 is 0 Å². The number of allylic oxidation sites excluding steroid dienone is 2. The predicted octanol–water partition coefficient (Wildman–Crippen LogP) is 2.22. The number of rotatable bonds is 2. The van der Waals surface area contributed by atoms with Gasteiger partial charge in [-0.2, -0.15) is 0 Å². The molecule has 1 radical (unpaired) electrons. The minimum Gasteiger partial charge on any atom is -0.115 e. The molecule has 0 unspecified atom stereocenters. The van der Waals surface area contributed by atoms with Crippen LogP contribution in [0.25, 0.3) is 0 Å². The van der Waals surface area contributed by atoms with E-state index >= 15 is 0 Å². The Morgan fingerprint density at radius 2 is 2.45 bits per heavy atom. The first kappa shape index (κ1) is 7.63. The summed E-state index contributed by atoms with van der Waals surface area (Å²) in [6.07, 6.45) is 9.57. The minimum absolute atomic E-state index is 0.866. The summed E-state index contributed by atoms with van der Waals surface area (Å²) in [5, 5.41) is 0. The molecule has 0 saturated heterocycles. The molecule has 1 aromatic rings. The number of hydrogen-bond acceptors (Lipinski definition) is 0. The second kappa shape index (κ2) is 4.35. The zero-order chi connectivity index (χ0) is 7.94. The summed E-state index contributed by atoms with van der Waals surface area (Å²) in [4.78, 5) is 0. The Hall–Kier alpha value is -1.48. The molecule has 0 fully saturated rings. The van der Waals surface area contributed by atoms with E-state index < -0.39 is 0 Å². The highest BCUT2D eigenvalue weighted by Gasteiger charge is 1.84. The highest BCUT2D eigenvalue weighted by molar-refractivity contribution is 5.18. The molecular formula is C11H9. The molecule has 0 bridgehead atoms. The third kappa shape index (κ3) is 2.73. The minimum atomic E-state index is 0.866. The maximum absolute atomic E-state index is 5.05. The molecule has 1 aromatic carbocycles. The van der Waals surface area contributed by atoms with Crippen molar-refractivity contribution in [3.63, 3.8) is 0 Å². The van der Waals surface area contributed by atoms with Gasteiger partial charge in [-0.15, -0.1) is 6.42 Å². The van der Waals surface area contributed by atoms with Crippen LogP contribution in [0, 0.1) is 18.4 Å². The van der Waals surface area contributed by atoms with Gasteiger partial charge in [-0.1, -0.05) is 36.3 Å². The molecule has 0 aliphatic carbocycles. The maximum atomic E-state index is 5.05. The SMILES string of the molecule is C#CC=CCc1[c]cccc1. The average molecular weight is 141 g/mol. The number of benzene rings is 1. The van der Waals surface area contributed by atoms with E-state index in [-0.39, 0.29) is 0 Å². The van der Waals surface area contributed by atoms with Crippen LogP contribution >= 0.6 is 0 Å². The Balaban J connectivity index is 2.53. The van der Waals surface area contributed by atoms with E-state index in [1.807, 2.05) is 30.3 Å². The molecule has 0 aliphatic rings. The van der Waals surface area contributed by atoms with E-state index in [0.717, 1.165) is 6.42 Å². The summed E-state index contributed by atoms with van der Waals surface area (Å²) >= 11 is 0. The van der Waals surface area contributed by atoms with Gasteiger partial charge in [0.25, 0.3) is 0 Å². The van der Waals surface area contributed by atoms with Gasteiger partial charge in [-0.3, -0.25) is 0 Å². The van der Waals surface area contributed by atoms with Crippen molar-refractivity contribution in [3.8, 4) is 12.3 Å². The van der Waals surface area contributed by atoms with Crippen LogP contribution in [0.3, 0.4) is 0 Å². The topological polar surface area (TPSA) is 0 Å². The lowest BCUT2D eigenvalue weighted by atomic mass is 10.1. The largest absolute Gasteiger partial charge is 0.115 e. The third-order valence-corrected chi connectivity index (χ3v) is 1.33. The van der Waals surface area contributed by atoms with Crippen molar-refractivity contribution in [2.24, 2.45) is 0 Å². The lowest BCUT2D eigenvalue weighted by Gasteiger charge is -1.91. The Morgan fingerprint density at radius 1 is 1.55 bits per heavy atom. The van der Waals surface area contributed by atoms with Crippen LogP contribution in [0.5, 0.6) is 0 Å². The fourth-order valence-corrected chi connectivity index (χ4v) is 0.811. The van der Waals surface area contributed by atoms with Gasteiger partial charge in [0.15, 0.2) is 0 Å².